The fourth-order valence-electron chi connectivity index (χ4n) is 4.82. The lowest BCUT2D eigenvalue weighted by atomic mass is 9.93. The number of aryl methyl sites for hydroxylation is 3. The first-order valence-electron chi connectivity index (χ1n) is 12.1. The van der Waals surface area contributed by atoms with Crippen LogP contribution in [0.3, 0.4) is 0 Å². The van der Waals surface area contributed by atoms with Crippen molar-refractivity contribution in [1.82, 2.24) is 10.2 Å². The van der Waals surface area contributed by atoms with E-state index < -0.39 is 0 Å². The molecular weight excluding hydrogens is 404 g/mol. The van der Waals surface area contributed by atoms with E-state index in [2.05, 4.69) is 23.2 Å². The molecule has 4 rings (SSSR count). The van der Waals surface area contributed by atoms with Gasteiger partial charge in [0, 0.05) is 54.2 Å². The fourth-order valence-corrected chi connectivity index (χ4v) is 4.82. The quantitative estimate of drug-likeness (QED) is 0.491. The van der Waals surface area contributed by atoms with Crippen LogP contribution in [0, 0.1) is 6.92 Å². The number of rotatable bonds is 8. The van der Waals surface area contributed by atoms with Gasteiger partial charge in [-0.05, 0) is 64.6 Å². The van der Waals surface area contributed by atoms with Crippen LogP contribution >= 0.6 is 0 Å². The highest BCUT2D eigenvalue weighted by Gasteiger charge is 2.23. The minimum Gasteiger partial charge on any atom is -0.493 e. The number of carbonyl (C=O) groups is 1. The van der Waals surface area contributed by atoms with Crippen molar-refractivity contribution in [1.29, 1.82) is 0 Å². The van der Waals surface area contributed by atoms with Crippen LogP contribution in [0.5, 0.6) is 5.75 Å². The number of nitrogens with one attached hydrogen (secondary N) is 1. The topological polar surface area (TPSA) is 63.9 Å². The number of allylic oxidation sites excluding steroid dienone is 1. The fraction of sp³-hybridized carbons (Fsp3) is 0.577. The van der Waals surface area contributed by atoms with Crippen LogP contribution in [0.4, 0.5) is 0 Å². The Hall–Kier alpha value is -2.31. The number of nitrogens with zero attached hydrogens (tertiary/aromatic N) is 1. The van der Waals surface area contributed by atoms with Crippen LogP contribution in [-0.2, 0) is 22.4 Å². The predicted molar refractivity (Wildman–Crippen MR) is 127 cm³/mol. The van der Waals surface area contributed by atoms with Crippen LogP contribution in [-0.4, -0.2) is 56.8 Å². The molecule has 174 valence electrons. The molecule has 6 heteroatoms. The standard InChI is InChI=1S/C26H36N2O4/c1-4-31-25-19(3)26-22(20-8-5-6-9-23(20)32-26)17-21(25)18(2)16-24(29)27-10-7-11-28-12-14-30-15-13-28/h16-17H,4-15H2,1-3H3,(H,27,29)/b18-16+. The van der Waals surface area contributed by atoms with Crippen molar-refractivity contribution in [2.75, 3.05) is 46.0 Å². The van der Waals surface area contributed by atoms with Gasteiger partial charge in [-0.2, -0.15) is 0 Å². The highest BCUT2D eigenvalue weighted by atomic mass is 16.5. The third-order valence-electron chi connectivity index (χ3n) is 6.54. The van der Waals surface area contributed by atoms with Crippen molar-refractivity contribution >= 4 is 22.4 Å². The molecule has 6 nitrogen and oxygen atoms in total. The molecule has 2 aromatic rings. The molecule has 32 heavy (non-hydrogen) atoms. The molecule has 1 aromatic heterocycles. The Labute approximate surface area is 190 Å². The number of morpholine rings is 1. The number of amides is 1. The number of benzene rings is 1. The Morgan fingerprint density at radius 3 is 2.81 bits per heavy atom. The van der Waals surface area contributed by atoms with E-state index in [0.29, 0.717) is 13.2 Å². The Kier molecular flexibility index (Phi) is 7.53. The van der Waals surface area contributed by atoms with Crippen LogP contribution < -0.4 is 10.1 Å². The number of hydrogen-bond donors (Lipinski definition) is 1. The second kappa shape index (κ2) is 10.5. The van der Waals surface area contributed by atoms with Gasteiger partial charge in [0.1, 0.15) is 17.1 Å². The maximum absolute atomic E-state index is 12.6. The summed E-state index contributed by atoms with van der Waals surface area (Å²) in [4.78, 5) is 15.0. The lowest BCUT2D eigenvalue weighted by Crippen LogP contribution is -2.38. The van der Waals surface area contributed by atoms with Crippen LogP contribution in [0.15, 0.2) is 16.6 Å². The summed E-state index contributed by atoms with van der Waals surface area (Å²) in [5, 5.41) is 4.21. The molecule has 1 amide bonds. The molecule has 0 bridgehead atoms. The van der Waals surface area contributed by atoms with E-state index in [4.69, 9.17) is 13.9 Å². The zero-order valence-electron chi connectivity index (χ0n) is 19.7. The zero-order valence-corrected chi connectivity index (χ0v) is 19.7. The normalized spacial score (nSPS) is 17.4. The summed E-state index contributed by atoms with van der Waals surface area (Å²) < 4.78 is 17.7. The molecular formula is C26H36N2O4. The summed E-state index contributed by atoms with van der Waals surface area (Å²) in [5.74, 6) is 1.88. The van der Waals surface area contributed by atoms with E-state index in [1.807, 2.05) is 13.8 Å². The summed E-state index contributed by atoms with van der Waals surface area (Å²) in [6.07, 6.45) is 7.08. The Balaban J connectivity index is 1.49. The van der Waals surface area contributed by atoms with Gasteiger partial charge < -0.3 is 19.2 Å². The van der Waals surface area contributed by atoms with Crippen LogP contribution in [0.25, 0.3) is 16.5 Å². The van der Waals surface area contributed by atoms with E-state index >= 15 is 0 Å². The van der Waals surface area contributed by atoms with Gasteiger partial charge in [-0.1, -0.05) is 0 Å². The lowest BCUT2D eigenvalue weighted by molar-refractivity contribution is -0.116. The maximum Gasteiger partial charge on any atom is 0.244 e. The Morgan fingerprint density at radius 1 is 1.25 bits per heavy atom. The molecule has 0 spiro atoms. The van der Waals surface area contributed by atoms with Crippen molar-refractivity contribution in [3.8, 4) is 5.75 Å². The predicted octanol–water partition coefficient (Wildman–Crippen LogP) is 4.26. The first-order valence-corrected chi connectivity index (χ1v) is 12.1. The number of carbonyl (C=O) groups excluding carboxylic acids is 1. The van der Waals surface area contributed by atoms with E-state index in [-0.39, 0.29) is 5.91 Å². The Bertz CT molecular complexity index is 986. The van der Waals surface area contributed by atoms with Gasteiger partial charge in [0.25, 0.3) is 0 Å². The van der Waals surface area contributed by atoms with E-state index in [1.165, 1.54) is 23.8 Å². The van der Waals surface area contributed by atoms with Gasteiger partial charge in [-0.25, -0.2) is 0 Å². The molecule has 0 saturated carbocycles. The Morgan fingerprint density at radius 2 is 2.03 bits per heavy atom. The average molecular weight is 441 g/mol. The first kappa shape index (κ1) is 22.9. The summed E-state index contributed by atoms with van der Waals surface area (Å²) in [6, 6.07) is 2.17. The van der Waals surface area contributed by atoms with Crippen LogP contribution in [0.1, 0.15) is 55.6 Å². The van der Waals surface area contributed by atoms with Gasteiger partial charge in [-0.15, -0.1) is 0 Å². The monoisotopic (exact) mass is 440 g/mol. The van der Waals surface area contributed by atoms with Gasteiger partial charge in [0.2, 0.25) is 5.91 Å². The van der Waals surface area contributed by atoms with E-state index in [9.17, 15) is 4.79 Å². The molecule has 1 saturated heterocycles. The molecule has 0 radical (unpaired) electrons. The summed E-state index contributed by atoms with van der Waals surface area (Å²) >= 11 is 0. The van der Waals surface area contributed by atoms with Crippen molar-refractivity contribution < 1.29 is 18.7 Å². The van der Waals surface area contributed by atoms with Crippen molar-refractivity contribution in [2.45, 2.75) is 52.9 Å². The molecule has 1 fully saturated rings. The minimum atomic E-state index is -0.0566. The van der Waals surface area contributed by atoms with Gasteiger partial charge in [0.15, 0.2) is 0 Å². The second-order valence-corrected chi connectivity index (χ2v) is 8.82. The van der Waals surface area contributed by atoms with E-state index in [1.54, 1.807) is 6.08 Å². The highest BCUT2D eigenvalue weighted by molar-refractivity contribution is 5.98. The van der Waals surface area contributed by atoms with Gasteiger partial charge >= 0.3 is 0 Å². The third kappa shape index (κ3) is 5.02. The molecule has 2 aliphatic rings. The van der Waals surface area contributed by atoms with Gasteiger partial charge in [0.05, 0.1) is 19.8 Å². The number of furan rings is 1. The lowest BCUT2D eigenvalue weighted by Gasteiger charge is -2.26. The number of hydrogen-bond acceptors (Lipinski definition) is 5. The highest BCUT2D eigenvalue weighted by Crippen LogP contribution is 2.41. The summed E-state index contributed by atoms with van der Waals surface area (Å²) in [6.45, 7) is 11.8. The minimum absolute atomic E-state index is 0.0566. The van der Waals surface area contributed by atoms with Crippen molar-refractivity contribution in [2.24, 2.45) is 0 Å². The zero-order chi connectivity index (χ0) is 22.5. The van der Waals surface area contributed by atoms with Crippen molar-refractivity contribution in [3.05, 3.63) is 34.6 Å². The summed E-state index contributed by atoms with van der Waals surface area (Å²) in [7, 11) is 0. The second-order valence-electron chi connectivity index (χ2n) is 8.82. The molecule has 1 aromatic carbocycles. The van der Waals surface area contributed by atoms with Crippen LogP contribution in [0.2, 0.25) is 0 Å². The molecule has 0 atom stereocenters. The molecule has 0 unspecified atom stereocenters. The van der Waals surface area contributed by atoms with Crippen molar-refractivity contribution in [3.63, 3.8) is 0 Å². The molecule has 1 aliphatic heterocycles. The largest absolute Gasteiger partial charge is 0.493 e. The molecule has 1 N–H and O–H groups in total. The number of fused-ring (bicyclic) bond motifs is 3. The molecule has 2 heterocycles. The number of ether oxygens (including phenoxy) is 2. The summed E-state index contributed by atoms with van der Waals surface area (Å²) in [5.41, 5.74) is 5.18. The smallest absolute Gasteiger partial charge is 0.244 e. The van der Waals surface area contributed by atoms with E-state index in [0.717, 1.165) is 85.9 Å². The molecule has 1 aliphatic carbocycles. The SMILES string of the molecule is CCOc1c(/C(C)=C/C(=O)NCCCN2CCOCC2)cc2c3c(oc2c1C)CCCC3. The maximum atomic E-state index is 12.6. The third-order valence-corrected chi connectivity index (χ3v) is 6.54. The average Bonchev–Trinajstić information content (AvgIpc) is 3.18. The first-order chi connectivity index (χ1) is 15.6. The van der Waals surface area contributed by atoms with Gasteiger partial charge in [-0.3, -0.25) is 9.69 Å².